The lowest BCUT2D eigenvalue weighted by atomic mass is 10.2. The SMILES string of the molecule is C[C@H](OC(=O)c1cc(S(=O)(=O)N(C)C)ccc1F)C(=O)Nc1ccc(F)cc1. The molecule has 2 aromatic carbocycles. The van der Waals surface area contributed by atoms with Crippen LogP contribution in [-0.2, 0) is 19.6 Å². The zero-order chi connectivity index (χ0) is 21.1. The van der Waals surface area contributed by atoms with Crippen LogP contribution in [0.3, 0.4) is 0 Å². The van der Waals surface area contributed by atoms with E-state index in [0.717, 1.165) is 34.6 Å². The Morgan fingerprint density at radius 1 is 1.07 bits per heavy atom. The maximum atomic E-state index is 14.0. The van der Waals surface area contributed by atoms with E-state index in [4.69, 9.17) is 4.74 Å². The van der Waals surface area contributed by atoms with Gasteiger partial charge in [0.05, 0.1) is 10.5 Å². The highest BCUT2D eigenvalue weighted by atomic mass is 32.2. The average molecular weight is 412 g/mol. The number of nitrogens with zero attached hydrogens (tertiary/aromatic N) is 1. The van der Waals surface area contributed by atoms with Crippen molar-refractivity contribution in [3.8, 4) is 0 Å². The number of rotatable bonds is 6. The second-order valence-electron chi connectivity index (χ2n) is 5.97. The second kappa shape index (κ2) is 8.44. The third-order valence-corrected chi connectivity index (χ3v) is 5.51. The minimum atomic E-state index is -3.89. The molecule has 2 aromatic rings. The molecular weight excluding hydrogens is 394 g/mol. The van der Waals surface area contributed by atoms with Crippen LogP contribution in [0.4, 0.5) is 14.5 Å². The molecule has 0 saturated heterocycles. The Bertz CT molecular complexity index is 992. The van der Waals surface area contributed by atoms with Crippen molar-refractivity contribution in [3.05, 3.63) is 59.7 Å². The molecule has 1 N–H and O–H groups in total. The van der Waals surface area contributed by atoms with Crippen LogP contribution in [0.15, 0.2) is 47.4 Å². The molecule has 0 aliphatic rings. The normalized spacial score (nSPS) is 12.5. The van der Waals surface area contributed by atoms with Gasteiger partial charge in [-0.15, -0.1) is 0 Å². The van der Waals surface area contributed by atoms with E-state index in [1.807, 2.05) is 0 Å². The van der Waals surface area contributed by atoms with Crippen molar-refractivity contribution in [1.82, 2.24) is 4.31 Å². The van der Waals surface area contributed by atoms with E-state index in [-0.39, 0.29) is 10.6 Å². The van der Waals surface area contributed by atoms with E-state index in [1.54, 1.807) is 0 Å². The molecule has 0 aromatic heterocycles. The van der Waals surface area contributed by atoms with Gasteiger partial charge in [0, 0.05) is 19.8 Å². The quantitative estimate of drug-likeness (QED) is 0.736. The fourth-order valence-corrected chi connectivity index (χ4v) is 3.02. The number of nitrogens with one attached hydrogen (secondary N) is 1. The fourth-order valence-electron chi connectivity index (χ4n) is 2.09. The average Bonchev–Trinajstić information content (AvgIpc) is 2.63. The Kier molecular flexibility index (Phi) is 6.47. The van der Waals surface area contributed by atoms with Crippen molar-refractivity contribution < 1.29 is 31.5 Å². The van der Waals surface area contributed by atoms with Gasteiger partial charge in [-0.25, -0.2) is 26.3 Å². The topological polar surface area (TPSA) is 92.8 Å². The number of hydrogen-bond donors (Lipinski definition) is 1. The number of amides is 1. The van der Waals surface area contributed by atoms with Crippen LogP contribution in [0, 0.1) is 11.6 Å². The van der Waals surface area contributed by atoms with Crippen LogP contribution in [0.2, 0.25) is 0 Å². The van der Waals surface area contributed by atoms with Gasteiger partial charge in [-0.3, -0.25) is 4.79 Å². The van der Waals surface area contributed by atoms with Gasteiger partial charge in [0.2, 0.25) is 10.0 Å². The van der Waals surface area contributed by atoms with Crippen LogP contribution in [0.5, 0.6) is 0 Å². The first-order chi connectivity index (χ1) is 13.0. The standard InChI is InChI=1S/C18H18F2N2O5S/c1-11(17(23)21-13-6-4-12(19)5-7-13)27-18(24)15-10-14(8-9-16(15)20)28(25,26)22(2)3/h4-11H,1-3H3,(H,21,23)/t11-/m0/s1. The van der Waals surface area contributed by atoms with E-state index in [0.29, 0.717) is 0 Å². The van der Waals surface area contributed by atoms with Crippen molar-refractivity contribution in [2.45, 2.75) is 17.9 Å². The first-order valence-electron chi connectivity index (χ1n) is 8.02. The fraction of sp³-hybridized carbons (Fsp3) is 0.222. The van der Waals surface area contributed by atoms with Crippen molar-refractivity contribution in [2.75, 3.05) is 19.4 Å². The summed E-state index contributed by atoms with van der Waals surface area (Å²) in [5, 5.41) is 2.41. The molecular formula is C18H18F2N2O5S. The number of ether oxygens (including phenoxy) is 1. The Balaban J connectivity index is 2.15. The predicted octanol–water partition coefficient (Wildman–Crippen LogP) is 2.40. The van der Waals surface area contributed by atoms with Crippen LogP contribution in [0.25, 0.3) is 0 Å². The van der Waals surface area contributed by atoms with E-state index in [9.17, 15) is 26.8 Å². The highest BCUT2D eigenvalue weighted by Crippen LogP contribution is 2.19. The molecule has 0 aliphatic carbocycles. The molecule has 2 rings (SSSR count). The van der Waals surface area contributed by atoms with E-state index < -0.39 is 45.2 Å². The number of carbonyl (C=O) groups excluding carboxylic acids is 2. The lowest BCUT2D eigenvalue weighted by molar-refractivity contribution is -0.123. The van der Waals surface area contributed by atoms with Crippen LogP contribution >= 0.6 is 0 Å². The summed E-state index contributed by atoms with van der Waals surface area (Å²) in [6.07, 6.45) is -1.31. The first kappa shape index (κ1) is 21.5. The number of benzene rings is 2. The van der Waals surface area contributed by atoms with Gasteiger partial charge in [0.15, 0.2) is 6.10 Å². The first-order valence-corrected chi connectivity index (χ1v) is 9.46. The summed E-state index contributed by atoms with van der Waals surface area (Å²) in [5.74, 6) is -3.40. The predicted molar refractivity (Wildman–Crippen MR) is 97.2 cm³/mol. The van der Waals surface area contributed by atoms with E-state index in [1.165, 1.54) is 33.2 Å². The second-order valence-corrected chi connectivity index (χ2v) is 8.12. The summed E-state index contributed by atoms with van der Waals surface area (Å²) in [6.45, 7) is 1.26. The molecule has 0 aliphatic heterocycles. The van der Waals surface area contributed by atoms with Gasteiger partial charge in [-0.05, 0) is 49.4 Å². The minimum absolute atomic E-state index is 0.277. The van der Waals surface area contributed by atoms with Gasteiger partial charge in [0.1, 0.15) is 11.6 Å². The summed E-state index contributed by atoms with van der Waals surface area (Å²) in [6, 6.07) is 7.60. The molecule has 0 spiro atoms. The van der Waals surface area contributed by atoms with Gasteiger partial charge in [-0.1, -0.05) is 0 Å². The number of halogens is 2. The van der Waals surface area contributed by atoms with Crippen molar-refractivity contribution in [2.24, 2.45) is 0 Å². The van der Waals surface area contributed by atoms with Crippen molar-refractivity contribution >= 4 is 27.6 Å². The Morgan fingerprint density at radius 3 is 2.25 bits per heavy atom. The van der Waals surface area contributed by atoms with Crippen LogP contribution in [0.1, 0.15) is 17.3 Å². The molecule has 28 heavy (non-hydrogen) atoms. The summed E-state index contributed by atoms with van der Waals surface area (Å²) in [7, 11) is -1.31. The molecule has 150 valence electrons. The summed E-state index contributed by atoms with van der Waals surface area (Å²) >= 11 is 0. The summed E-state index contributed by atoms with van der Waals surface area (Å²) < 4.78 is 57.0. The number of anilines is 1. The van der Waals surface area contributed by atoms with Gasteiger partial charge in [0.25, 0.3) is 5.91 Å². The van der Waals surface area contributed by atoms with E-state index in [2.05, 4.69) is 5.32 Å². The van der Waals surface area contributed by atoms with Crippen LogP contribution in [-0.4, -0.2) is 44.8 Å². The van der Waals surface area contributed by atoms with Gasteiger partial charge < -0.3 is 10.1 Å². The third kappa shape index (κ3) is 4.90. The molecule has 1 amide bonds. The summed E-state index contributed by atoms with van der Waals surface area (Å²) in [4.78, 5) is 24.0. The zero-order valence-electron chi connectivity index (χ0n) is 15.3. The van der Waals surface area contributed by atoms with Gasteiger partial charge >= 0.3 is 5.97 Å². The molecule has 0 saturated carbocycles. The number of sulfonamides is 1. The molecule has 0 fully saturated rings. The maximum absolute atomic E-state index is 14.0. The molecule has 1 atom stereocenters. The Labute approximate surface area is 161 Å². The lowest BCUT2D eigenvalue weighted by Gasteiger charge is -2.15. The summed E-state index contributed by atoms with van der Waals surface area (Å²) in [5.41, 5.74) is -0.344. The lowest BCUT2D eigenvalue weighted by Crippen LogP contribution is -2.30. The molecule has 0 radical (unpaired) electrons. The monoisotopic (exact) mass is 412 g/mol. The number of carbonyl (C=O) groups is 2. The smallest absolute Gasteiger partial charge is 0.341 e. The maximum Gasteiger partial charge on any atom is 0.341 e. The van der Waals surface area contributed by atoms with Crippen molar-refractivity contribution in [1.29, 1.82) is 0 Å². The highest BCUT2D eigenvalue weighted by molar-refractivity contribution is 7.89. The Hall–Kier alpha value is -2.85. The molecule has 0 heterocycles. The molecule has 7 nitrogen and oxygen atoms in total. The third-order valence-electron chi connectivity index (χ3n) is 3.70. The molecule has 10 heteroatoms. The molecule has 0 unspecified atom stereocenters. The molecule has 0 bridgehead atoms. The van der Waals surface area contributed by atoms with Crippen molar-refractivity contribution in [3.63, 3.8) is 0 Å². The number of esters is 1. The largest absolute Gasteiger partial charge is 0.449 e. The minimum Gasteiger partial charge on any atom is -0.449 e. The van der Waals surface area contributed by atoms with Crippen LogP contribution < -0.4 is 5.32 Å². The highest BCUT2D eigenvalue weighted by Gasteiger charge is 2.25. The Morgan fingerprint density at radius 2 is 1.68 bits per heavy atom. The zero-order valence-corrected chi connectivity index (χ0v) is 16.1. The van der Waals surface area contributed by atoms with Gasteiger partial charge in [-0.2, -0.15) is 0 Å². The van der Waals surface area contributed by atoms with E-state index >= 15 is 0 Å². The number of hydrogen-bond acceptors (Lipinski definition) is 5.